The van der Waals surface area contributed by atoms with Crippen LogP contribution >= 0.6 is 0 Å². The SMILES string of the molecule is COC(=O)c1ccc(-c2ccccc2O)c(C)c1. The zero-order chi connectivity index (χ0) is 13.1. The van der Waals surface area contributed by atoms with Gasteiger partial charge in [-0.05, 0) is 36.2 Å². The predicted molar refractivity (Wildman–Crippen MR) is 69.6 cm³/mol. The van der Waals surface area contributed by atoms with Crippen LogP contribution in [0.4, 0.5) is 0 Å². The van der Waals surface area contributed by atoms with Gasteiger partial charge in [-0.15, -0.1) is 0 Å². The highest BCUT2D eigenvalue weighted by molar-refractivity contribution is 5.90. The summed E-state index contributed by atoms with van der Waals surface area (Å²) in [4.78, 5) is 11.4. The first-order valence-electron chi connectivity index (χ1n) is 5.61. The first-order valence-corrected chi connectivity index (χ1v) is 5.61. The van der Waals surface area contributed by atoms with Crippen LogP contribution in [-0.2, 0) is 4.74 Å². The van der Waals surface area contributed by atoms with Crippen LogP contribution in [0.15, 0.2) is 42.5 Å². The minimum absolute atomic E-state index is 0.228. The number of methoxy groups -OCH3 is 1. The monoisotopic (exact) mass is 242 g/mol. The molecule has 2 rings (SSSR count). The molecular weight excluding hydrogens is 228 g/mol. The van der Waals surface area contributed by atoms with Gasteiger partial charge in [-0.1, -0.05) is 24.3 Å². The number of phenolic OH excluding ortho intramolecular Hbond substituents is 1. The Hall–Kier alpha value is -2.29. The number of hydrogen-bond donors (Lipinski definition) is 1. The minimum atomic E-state index is -0.359. The molecule has 2 aromatic rings. The Labute approximate surface area is 106 Å². The van der Waals surface area contributed by atoms with E-state index < -0.39 is 0 Å². The van der Waals surface area contributed by atoms with Gasteiger partial charge in [0, 0.05) is 5.56 Å². The van der Waals surface area contributed by atoms with Gasteiger partial charge in [0.05, 0.1) is 12.7 Å². The van der Waals surface area contributed by atoms with E-state index in [-0.39, 0.29) is 11.7 Å². The van der Waals surface area contributed by atoms with Crippen LogP contribution in [0.3, 0.4) is 0 Å². The average molecular weight is 242 g/mol. The molecule has 0 saturated heterocycles. The molecule has 1 N–H and O–H groups in total. The highest BCUT2D eigenvalue weighted by Gasteiger charge is 2.10. The fourth-order valence-corrected chi connectivity index (χ4v) is 1.91. The van der Waals surface area contributed by atoms with E-state index in [1.807, 2.05) is 25.1 Å². The lowest BCUT2D eigenvalue weighted by atomic mass is 9.98. The second kappa shape index (κ2) is 4.92. The van der Waals surface area contributed by atoms with Crippen LogP contribution in [0.25, 0.3) is 11.1 Å². The summed E-state index contributed by atoms with van der Waals surface area (Å²) >= 11 is 0. The number of rotatable bonds is 2. The van der Waals surface area contributed by atoms with Crippen molar-refractivity contribution in [1.82, 2.24) is 0 Å². The largest absolute Gasteiger partial charge is 0.507 e. The number of para-hydroxylation sites is 1. The van der Waals surface area contributed by atoms with Gasteiger partial charge >= 0.3 is 5.97 Å². The maximum Gasteiger partial charge on any atom is 0.337 e. The summed E-state index contributed by atoms with van der Waals surface area (Å²) in [6, 6.07) is 12.4. The third-order valence-electron chi connectivity index (χ3n) is 2.84. The number of aryl methyl sites for hydroxylation is 1. The lowest BCUT2D eigenvalue weighted by Gasteiger charge is -2.09. The lowest BCUT2D eigenvalue weighted by molar-refractivity contribution is 0.0600. The van der Waals surface area contributed by atoms with Gasteiger partial charge in [0.15, 0.2) is 0 Å². The predicted octanol–water partition coefficient (Wildman–Crippen LogP) is 3.15. The Balaban J connectivity index is 2.49. The molecule has 92 valence electrons. The molecule has 0 fully saturated rings. The summed E-state index contributed by atoms with van der Waals surface area (Å²) in [6.45, 7) is 1.90. The van der Waals surface area contributed by atoms with Crippen molar-refractivity contribution in [1.29, 1.82) is 0 Å². The van der Waals surface area contributed by atoms with E-state index in [0.29, 0.717) is 5.56 Å². The van der Waals surface area contributed by atoms with E-state index in [1.165, 1.54) is 7.11 Å². The van der Waals surface area contributed by atoms with Crippen LogP contribution in [-0.4, -0.2) is 18.2 Å². The molecule has 18 heavy (non-hydrogen) atoms. The quantitative estimate of drug-likeness (QED) is 0.823. The van der Waals surface area contributed by atoms with Crippen molar-refractivity contribution in [2.45, 2.75) is 6.92 Å². The van der Waals surface area contributed by atoms with Gasteiger partial charge in [-0.2, -0.15) is 0 Å². The van der Waals surface area contributed by atoms with Crippen molar-refractivity contribution < 1.29 is 14.6 Å². The van der Waals surface area contributed by atoms with Crippen molar-refractivity contribution in [3.8, 4) is 16.9 Å². The van der Waals surface area contributed by atoms with Crippen molar-refractivity contribution >= 4 is 5.97 Å². The normalized spacial score (nSPS) is 10.1. The van der Waals surface area contributed by atoms with Gasteiger partial charge < -0.3 is 9.84 Å². The fraction of sp³-hybridized carbons (Fsp3) is 0.133. The Morgan fingerprint density at radius 3 is 2.44 bits per heavy atom. The number of carbonyl (C=O) groups excluding carboxylic acids is 1. The van der Waals surface area contributed by atoms with Gasteiger partial charge in [0.1, 0.15) is 5.75 Å². The zero-order valence-electron chi connectivity index (χ0n) is 10.3. The molecule has 0 aromatic heterocycles. The summed E-state index contributed by atoms with van der Waals surface area (Å²) < 4.78 is 4.67. The number of hydrogen-bond acceptors (Lipinski definition) is 3. The molecule has 0 amide bonds. The first kappa shape index (κ1) is 12.2. The van der Waals surface area contributed by atoms with Crippen molar-refractivity contribution in [3.63, 3.8) is 0 Å². The molecule has 0 bridgehead atoms. The number of ether oxygens (including phenoxy) is 1. The number of phenols is 1. The van der Waals surface area contributed by atoms with Crippen LogP contribution in [0, 0.1) is 6.92 Å². The molecule has 0 aliphatic carbocycles. The van der Waals surface area contributed by atoms with Crippen molar-refractivity contribution in [2.75, 3.05) is 7.11 Å². The van der Waals surface area contributed by atoms with Crippen LogP contribution in [0.2, 0.25) is 0 Å². The van der Waals surface area contributed by atoms with E-state index in [4.69, 9.17) is 0 Å². The van der Waals surface area contributed by atoms with Gasteiger partial charge in [0.2, 0.25) is 0 Å². The topological polar surface area (TPSA) is 46.5 Å². The fourth-order valence-electron chi connectivity index (χ4n) is 1.91. The lowest BCUT2D eigenvalue weighted by Crippen LogP contribution is -2.01. The minimum Gasteiger partial charge on any atom is -0.507 e. The molecule has 0 aliphatic rings. The molecular formula is C15H14O3. The van der Waals surface area contributed by atoms with E-state index in [1.54, 1.807) is 24.3 Å². The summed E-state index contributed by atoms with van der Waals surface area (Å²) in [5.74, 6) is -0.131. The van der Waals surface area contributed by atoms with Crippen LogP contribution in [0.5, 0.6) is 5.75 Å². The Morgan fingerprint density at radius 1 is 1.11 bits per heavy atom. The Bertz CT molecular complexity index is 588. The molecule has 0 unspecified atom stereocenters. The Morgan fingerprint density at radius 2 is 1.83 bits per heavy atom. The van der Waals surface area contributed by atoms with Crippen molar-refractivity contribution in [3.05, 3.63) is 53.6 Å². The van der Waals surface area contributed by atoms with E-state index in [9.17, 15) is 9.90 Å². The smallest absolute Gasteiger partial charge is 0.337 e. The molecule has 0 saturated carbocycles. The van der Waals surface area contributed by atoms with E-state index in [2.05, 4.69) is 4.74 Å². The third kappa shape index (κ3) is 2.20. The summed E-state index contributed by atoms with van der Waals surface area (Å²) in [6.07, 6.45) is 0. The molecule has 0 heterocycles. The second-order valence-corrected chi connectivity index (χ2v) is 4.04. The molecule has 0 atom stereocenters. The molecule has 0 spiro atoms. The maximum atomic E-state index is 11.4. The van der Waals surface area contributed by atoms with Crippen molar-refractivity contribution in [2.24, 2.45) is 0 Å². The average Bonchev–Trinajstić information content (AvgIpc) is 2.39. The number of carbonyl (C=O) groups is 1. The van der Waals surface area contributed by atoms with Crippen LogP contribution in [0.1, 0.15) is 15.9 Å². The van der Waals surface area contributed by atoms with Gasteiger partial charge in [-0.25, -0.2) is 4.79 Å². The third-order valence-corrected chi connectivity index (χ3v) is 2.84. The van der Waals surface area contributed by atoms with Gasteiger partial charge in [-0.3, -0.25) is 0 Å². The highest BCUT2D eigenvalue weighted by Crippen LogP contribution is 2.31. The standard InChI is InChI=1S/C15H14O3/c1-10-9-11(15(17)18-2)7-8-12(10)13-5-3-4-6-14(13)16/h3-9,16H,1-2H3. The number of aromatic hydroxyl groups is 1. The van der Waals surface area contributed by atoms with Gasteiger partial charge in [0.25, 0.3) is 0 Å². The number of benzene rings is 2. The maximum absolute atomic E-state index is 11.4. The highest BCUT2D eigenvalue weighted by atomic mass is 16.5. The molecule has 3 heteroatoms. The first-order chi connectivity index (χ1) is 8.63. The van der Waals surface area contributed by atoms with Crippen LogP contribution < -0.4 is 0 Å². The Kier molecular flexibility index (Phi) is 3.33. The molecule has 0 aliphatic heterocycles. The summed E-state index contributed by atoms with van der Waals surface area (Å²) in [7, 11) is 1.36. The summed E-state index contributed by atoms with van der Waals surface area (Å²) in [5, 5.41) is 9.82. The van der Waals surface area contributed by atoms with E-state index >= 15 is 0 Å². The molecule has 0 radical (unpaired) electrons. The molecule has 3 nitrogen and oxygen atoms in total. The second-order valence-electron chi connectivity index (χ2n) is 4.04. The molecule has 2 aromatic carbocycles. The zero-order valence-corrected chi connectivity index (χ0v) is 10.3. The van der Waals surface area contributed by atoms with E-state index in [0.717, 1.165) is 16.7 Å². The number of esters is 1. The summed E-state index contributed by atoms with van der Waals surface area (Å²) in [5.41, 5.74) is 3.08.